The highest BCUT2D eigenvalue weighted by Crippen LogP contribution is 2.44. The number of pyridine rings is 1. The summed E-state index contributed by atoms with van der Waals surface area (Å²) >= 11 is 0. The summed E-state index contributed by atoms with van der Waals surface area (Å²) in [6, 6.07) is 3.02. The van der Waals surface area contributed by atoms with Gasteiger partial charge in [0.1, 0.15) is 6.04 Å². The lowest BCUT2D eigenvalue weighted by Gasteiger charge is -2.19. The van der Waals surface area contributed by atoms with Crippen LogP contribution in [-0.2, 0) is 17.4 Å². The van der Waals surface area contributed by atoms with Crippen LogP contribution in [0.25, 0.3) is 11.1 Å². The Hall–Kier alpha value is -2.25. The number of hydrogen-bond acceptors (Lipinski definition) is 5. The number of aromatic nitrogens is 3. The van der Waals surface area contributed by atoms with Crippen LogP contribution < -0.4 is 11.1 Å². The van der Waals surface area contributed by atoms with Gasteiger partial charge in [-0.25, -0.2) is 0 Å². The highest BCUT2D eigenvalue weighted by molar-refractivity contribution is 5.83. The molecule has 0 aromatic carbocycles. The first-order chi connectivity index (χ1) is 10.9. The monoisotopic (exact) mass is 315 g/mol. The second-order valence-electron chi connectivity index (χ2n) is 6.09. The van der Waals surface area contributed by atoms with Gasteiger partial charge in [0.25, 0.3) is 0 Å². The van der Waals surface area contributed by atoms with E-state index < -0.39 is 11.6 Å². The Balaban J connectivity index is 1.80. The first-order valence-corrected chi connectivity index (χ1v) is 7.61. The van der Waals surface area contributed by atoms with E-state index in [9.17, 15) is 4.79 Å². The molecule has 0 aliphatic heterocycles. The van der Waals surface area contributed by atoms with Crippen molar-refractivity contribution in [2.75, 3.05) is 6.61 Å². The number of aliphatic hydroxyl groups is 1. The fourth-order valence-electron chi connectivity index (χ4n) is 2.70. The summed E-state index contributed by atoms with van der Waals surface area (Å²) in [7, 11) is 1.89. The Bertz CT molecular complexity index is 719. The van der Waals surface area contributed by atoms with Crippen LogP contribution in [0.4, 0.5) is 0 Å². The van der Waals surface area contributed by atoms with Crippen LogP contribution in [0.1, 0.15) is 24.2 Å². The molecule has 1 saturated carbocycles. The molecule has 7 nitrogen and oxygen atoms in total. The predicted octanol–water partition coefficient (Wildman–Crippen LogP) is 0.215. The molecule has 1 amide bonds. The first kappa shape index (κ1) is 15.6. The number of nitrogens with zero attached hydrogens (tertiary/aromatic N) is 3. The maximum absolute atomic E-state index is 11.9. The minimum Gasteiger partial charge on any atom is -0.394 e. The van der Waals surface area contributed by atoms with Crippen LogP contribution in [0.5, 0.6) is 0 Å². The van der Waals surface area contributed by atoms with Gasteiger partial charge in [-0.05, 0) is 25.8 Å². The summed E-state index contributed by atoms with van der Waals surface area (Å²) in [5.41, 5.74) is 8.93. The Labute approximate surface area is 134 Å². The second-order valence-corrected chi connectivity index (χ2v) is 6.09. The van der Waals surface area contributed by atoms with Crippen molar-refractivity contribution >= 4 is 5.91 Å². The SMILES string of the molecule is Cc1nn(C)cc1-c1ccc(C2(NC(=O)C(N)CO)CC2)nc1. The van der Waals surface area contributed by atoms with Crippen LogP contribution in [0.2, 0.25) is 0 Å². The highest BCUT2D eigenvalue weighted by atomic mass is 16.3. The number of aryl methyl sites for hydroxylation is 2. The second kappa shape index (κ2) is 5.75. The van der Waals surface area contributed by atoms with E-state index in [1.54, 1.807) is 10.9 Å². The Morgan fingerprint density at radius 2 is 2.26 bits per heavy atom. The molecule has 1 atom stereocenters. The average Bonchev–Trinajstić information content (AvgIpc) is 3.24. The number of carbonyl (C=O) groups is 1. The van der Waals surface area contributed by atoms with Crippen molar-refractivity contribution in [2.45, 2.75) is 31.3 Å². The van der Waals surface area contributed by atoms with Crippen LogP contribution in [0.15, 0.2) is 24.5 Å². The topological polar surface area (TPSA) is 106 Å². The quantitative estimate of drug-likeness (QED) is 0.731. The number of amides is 1. The van der Waals surface area contributed by atoms with Gasteiger partial charge in [-0.1, -0.05) is 6.07 Å². The summed E-state index contributed by atoms with van der Waals surface area (Å²) in [6.45, 7) is 1.59. The number of hydrogen-bond donors (Lipinski definition) is 3. The van der Waals surface area contributed by atoms with Crippen LogP contribution in [-0.4, -0.2) is 38.4 Å². The molecule has 2 aromatic heterocycles. The lowest BCUT2D eigenvalue weighted by atomic mass is 10.1. The molecular weight excluding hydrogens is 294 g/mol. The zero-order chi connectivity index (χ0) is 16.6. The lowest BCUT2D eigenvalue weighted by molar-refractivity contribution is -0.124. The third-order valence-corrected chi connectivity index (χ3v) is 4.22. The largest absolute Gasteiger partial charge is 0.394 e. The van der Waals surface area contributed by atoms with Gasteiger partial charge >= 0.3 is 0 Å². The molecular formula is C16H21N5O2. The Morgan fingerprint density at radius 1 is 1.52 bits per heavy atom. The van der Waals surface area contributed by atoms with Crippen molar-refractivity contribution in [1.82, 2.24) is 20.1 Å². The van der Waals surface area contributed by atoms with E-state index in [1.165, 1.54) is 0 Å². The molecule has 3 rings (SSSR count). The van der Waals surface area contributed by atoms with Gasteiger partial charge in [0.2, 0.25) is 5.91 Å². The van der Waals surface area contributed by atoms with Crippen molar-refractivity contribution in [3.63, 3.8) is 0 Å². The van der Waals surface area contributed by atoms with Gasteiger partial charge in [0.15, 0.2) is 0 Å². The summed E-state index contributed by atoms with van der Waals surface area (Å²) in [6.07, 6.45) is 5.42. The number of nitrogens with one attached hydrogen (secondary N) is 1. The average molecular weight is 315 g/mol. The lowest BCUT2D eigenvalue weighted by Crippen LogP contribution is -2.47. The third-order valence-electron chi connectivity index (χ3n) is 4.22. The molecule has 1 aliphatic rings. The zero-order valence-corrected chi connectivity index (χ0v) is 13.3. The van der Waals surface area contributed by atoms with Gasteiger partial charge in [0, 0.05) is 30.6 Å². The summed E-state index contributed by atoms with van der Waals surface area (Å²) in [5, 5.41) is 16.2. The molecule has 122 valence electrons. The maximum Gasteiger partial charge on any atom is 0.240 e. The molecule has 1 fully saturated rings. The van der Waals surface area contributed by atoms with E-state index in [4.69, 9.17) is 10.8 Å². The van der Waals surface area contributed by atoms with Crippen molar-refractivity contribution in [2.24, 2.45) is 12.8 Å². The number of aliphatic hydroxyl groups excluding tert-OH is 1. The Morgan fingerprint density at radius 3 is 2.74 bits per heavy atom. The minimum atomic E-state index is -0.898. The van der Waals surface area contributed by atoms with Gasteiger partial charge in [-0.2, -0.15) is 5.10 Å². The van der Waals surface area contributed by atoms with Crippen molar-refractivity contribution in [3.05, 3.63) is 35.9 Å². The van der Waals surface area contributed by atoms with Gasteiger partial charge < -0.3 is 16.2 Å². The molecule has 7 heteroatoms. The summed E-state index contributed by atoms with van der Waals surface area (Å²) < 4.78 is 1.78. The smallest absolute Gasteiger partial charge is 0.240 e. The third kappa shape index (κ3) is 2.97. The fraction of sp³-hybridized carbons (Fsp3) is 0.438. The number of nitrogens with two attached hydrogens (primary N) is 1. The van der Waals surface area contributed by atoms with E-state index in [0.717, 1.165) is 35.4 Å². The van der Waals surface area contributed by atoms with Crippen LogP contribution >= 0.6 is 0 Å². The van der Waals surface area contributed by atoms with E-state index in [-0.39, 0.29) is 12.5 Å². The molecule has 2 aromatic rings. The van der Waals surface area contributed by atoms with Crippen molar-refractivity contribution < 1.29 is 9.90 Å². The summed E-state index contributed by atoms with van der Waals surface area (Å²) in [4.78, 5) is 16.4. The molecule has 4 N–H and O–H groups in total. The van der Waals surface area contributed by atoms with Crippen LogP contribution in [0.3, 0.4) is 0 Å². The molecule has 1 unspecified atom stereocenters. The first-order valence-electron chi connectivity index (χ1n) is 7.61. The Kier molecular flexibility index (Phi) is 3.91. The van der Waals surface area contributed by atoms with Crippen LogP contribution in [0, 0.1) is 6.92 Å². The molecule has 2 heterocycles. The van der Waals surface area contributed by atoms with E-state index in [0.29, 0.717) is 0 Å². The number of carbonyl (C=O) groups excluding carboxylic acids is 1. The van der Waals surface area contributed by atoms with Gasteiger partial charge in [0.05, 0.1) is 23.5 Å². The normalized spacial score (nSPS) is 16.9. The standard InChI is InChI=1S/C16H21N5O2/c1-10-12(8-21(2)20-10)11-3-4-14(18-7-11)16(5-6-16)19-15(23)13(17)9-22/h3-4,7-8,13,22H,5-6,9,17H2,1-2H3,(H,19,23). The molecule has 23 heavy (non-hydrogen) atoms. The minimum absolute atomic E-state index is 0.348. The van der Waals surface area contributed by atoms with Crippen molar-refractivity contribution in [1.29, 1.82) is 0 Å². The van der Waals surface area contributed by atoms with Gasteiger partial charge in [-0.3, -0.25) is 14.5 Å². The molecule has 0 radical (unpaired) electrons. The van der Waals surface area contributed by atoms with E-state index in [1.807, 2.05) is 32.3 Å². The predicted molar refractivity (Wildman–Crippen MR) is 85.3 cm³/mol. The molecule has 0 bridgehead atoms. The molecule has 0 spiro atoms. The van der Waals surface area contributed by atoms with Crippen molar-refractivity contribution in [3.8, 4) is 11.1 Å². The maximum atomic E-state index is 11.9. The molecule has 0 saturated heterocycles. The fourth-order valence-corrected chi connectivity index (χ4v) is 2.70. The molecule has 1 aliphatic carbocycles. The summed E-state index contributed by atoms with van der Waals surface area (Å²) in [5.74, 6) is -0.348. The van der Waals surface area contributed by atoms with E-state index >= 15 is 0 Å². The zero-order valence-electron chi connectivity index (χ0n) is 13.3. The van der Waals surface area contributed by atoms with Gasteiger partial charge in [-0.15, -0.1) is 0 Å². The highest BCUT2D eigenvalue weighted by Gasteiger charge is 2.47. The number of rotatable bonds is 5. The van der Waals surface area contributed by atoms with E-state index in [2.05, 4.69) is 15.4 Å².